The molecule has 3 fully saturated rings. The number of sulfonamides is 1. The molecule has 170 valence electrons. The molecule has 9 nitrogen and oxygen atoms in total. The highest BCUT2D eigenvalue weighted by Crippen LogP contribution is 2.31. The number of amides is 2. The standard InChI is InChI=1S/C21H30N4O5S/c1-16(23-8-10-24(11-9-23)21(27)17-2-3-17)20(26)22-18-4-6-19(7-5-18)31(28,29)25-12-14-30-15-13-25/h4-7,16-17H,2-3,8-15H2,1H3,(H,22,26)/t16-/m1/s1. The minimum absolute atomic E-state index is 0.147. The zero-order valence-electron chi connectivity index (χ0n) is 17.8. The second kappa shape index (κ2) is 9.23. The molecule has 2 heterocycles. The van der Waals surface area contributed by atoms with E-state index in [4.69, 9.17) is 4.74 Å². The molecule has 1 aromatic carbocycles. The first-order valence-corrected chi connectivity index (χ1v) is 12.3. The summed E-state index contributed by atoms with van der Waals surface area (Å²) >= 11 is 0. The predicted molar refractivity (Wildman–Crippen MR) is 115 cm³/mol. The highest BCUT2D eigenvalue weighted by atomic mass is 32.2. The molecule has 0 bridgehead atoms. The first-order valence-electron chi connectivity index (χ1n) is 10.9. The molecule has 2 saturated heterocycles. The maximum absolute atomic E-state index is 12.7. The molecule has 0 aromatic heterocycles. The molecule has 4 rings (SSSR count). The number of hydrogen-bond donors (Lipinski definition) is 1. The van der Waals surface area contributed by atoms with Crippen molar-refractivity contribution in [1.29, 1.82) is 0 Å². The number of anilines is 1. The van der Waals surface area contributed by atoms with Crippen LogP contribution in [0.2, 0.25) is 0 Å². The molecule has 1 aromatic rings. The van der Waals surface area contributed by atoms with Crippen LogP contribution in [0.25, 0.3) is 0 Å². The van der Waals surface area contributed by atoms with Gasteiger partial charge in [0.05, 0.1) is 24.2 Å². The van der Waals surface area contributed by atoms with Gasteiger partial charge in [-0.3, -0.25) is 14.5 Å². The molecular formula is C21H30N4O5S. The van der Waals surface area contributed by atoms with Crippen LogP contribution in [0.5, 0.6) is 0 Å². The average Bonchev–Trinajstić information content (AvgIpc) is 3.65. The highest BCUT2D eigenvalue weighted by molar-refractivity contribution is 7.89. The van der Waals surface area contributed by atoms with Crippen molar-refractivity contribution >= 4 is 27.5 Å². The zero-order chi connectivity index (χ0) is 22.0. The minimum Gasteiger partial charge on any atom is -0.379 e. The summed E-state index contributed by atoms with van der Waals surface area (Å²) in [6, 6.07) is 5.93. The molecule has 3 aliphatic rings. The summed E-state index contributed by atoms with van der Waals surface area (Å²) in [5.41, 5.74) is 0.556. The summed E-state index contributed by atoms with van der Waals surface area (Å²) in [6.07, 6.45) is 2.01. The van der Waals surface area contributed by atoms with Crippen molar-refractivity contribution in [3.8, 4) is 0 Å². The summed E-state index contributed by atoms with van der Waals surface area (Å²) in [7, 11) is -3.55. The van der Waals surface area contributed by atoms with E-state index in [1.165, 1.54) is 16.4 Å². The van der Waals surface area contributed by atoms with E-state index in [-0.39, 0.29) is 28.7 Å². The van der Waals surface area contributed by atoms with Crippen LogP contribution in [0.15, 0.2) is 29.2 Å². The van der Waals surface area contributed by atoms with E-state index >= 15 is 0 Å². The third-order valence-electron chi connectivity index (χ3n) is 6.21. The lowest BCUT2D eigenvalue weighted by molar-refractivity contribution is -0.135. The van der Waals surface area contributed by atoms with E-state index in [1.807, 2.05) is 11.8 Å². The number of nitrogens with zero attached hydrogens (tertiary/aromatic N) is 3. The van der Waals surface area contributed by atoms with Gasteiger partial charge in [0.15, 0.2) is 0 Å². The van der Waals surface area contributed by atoms with Crippen molar-refractivity contribution in [2.45, 2.75) is 30.7 Å². The number of nitrogens with one attached hydrogen (secondary N) is 1. The van der Waals surface area contributed by atoms with Gasteiger partial charge in [-0.1, -0.05) is 0 Å². The van der Waals surface area contributed by atoms with E-state index in [9.17, 15) is 18.0 Å². The van der Waals surface area contributed by atoms with Gasteiger partial charge in [-0.05, 0) is 44.0 Å². The Morgan fingerprint density at radius 2 is 1.61 bits per heavy atom. The van der Waals surface area contributed by atoms with Crippen molar-refractivity contribution in [3.63, 3.8) is 0 Å². The number of morpholine rings is 1. The third kappa shape index (κ3) is 5.08. The topological polar surface area (TPSA) is 99.3 Å². The molecule has 1 atom stereocenters. The molecule has 31 heavy (non-hydrogen) atoms. The number of piperazine rings is 1. The van der Waals surface area contributed by atoms with Crippen LogP contribution >= 0.6 is 0 Å². The summed E-state index contributed by atoms with van der Waals surface area (Å²) in [5, 5.41) is 2.87. The van der Waals surface area contributed by atoms with Crippen LogP contribution in [0.4, 0.5) is 5.69 Å². The zero-order valence-corrected chi connectivity index (χ0v) is 18.6. The van der Waals surface area contributed by atoms with Gasteiger partial charge in [0.1, 0.15) is 0 Å². The Morgan fingerprint density at radius 1 is 1.00 bits per heavy atom. The van der Waals surface area contributed by atoms with Gasteiger partial charge in [0.25, 0.3) is 0 Å². The average molecular weight is 451 g/mol. The number of ether oxygens (including phenoxy) is 1. The molecule has 0 spiro atoms. The van der Waals surface area contributed by atoms with E-state index in [1.54, 1.807) is 12.1 Å². The highest BCUT2D eigenvalue weighted by Gasteiger charge is 2.35. The molecule has 0 radical (unpaired) electrons. The molecule has 0 unspecified atom stereocenters. The quantitative estimate of drug-likeness (QED) is 0.681. The molecular weight excluding hydrogens is 420 g/mol. The first-order chi connectivity index (χ1) is 14.9. The summed E-state index contributed by atoms with van der Waals surface area (Å²) < 4.78 is 32.0. The van der Waals surface area contributed by atoms with Gasteiger partial charge in [-0.2, -0.15) is 4.31 Å². The molecule has 2 aliphatic heterocycles. The summed E-state index contributed by atoms with van der Waals surface area (Å²) in [4.78, 5) is 29.1. The normalized spacial score (nSPS) is 22.2. The van der Waals surface area contributed by atoms with Gasteiger partial charge in [-0.15, -0.1) is 0 Å². The Balaban J connectivity index is 1.30. The van der Waals surface area contributed by atoms with Gasteiger partial charge in [-0.25, -0.2) is 8.42 Å². The van der Waals surface area contributed by atoms with E-state index in [0.717, 1.165) is 12.8 Å². The Labute approximate surface area is 183 Å². The van der Waals surface area contributed by atoms with Crippen LogP contribution in [0.3, 0.4) is 0 Å². The SMILES string of the molecule is C[C@H](C(=O)Nc1ccc(S(=O)(=O)N2CCOCC2)cc1)N1CCN(C(=O)C2CC2)CC1. The third-order valence-corrected chi connectivity index (χ3v) is 8.12. The lowest BCUT2D eigenvalue weighted by atomic mass is 10.2. The molecule has 2 amide bonds. The van der Waals surface area contributed by atoms with Crippen molar-refractivity contribution in [2.24, 2.45) is 5.92 Å². The van der Waals surface area contributed by atoms with Crippen molar-refractivity contribution < 1.29 is 22.7 Å². The van der Waals surface area contributed by atoms with Crippen molar-refractivity contribution in [3.05, 3.63) is 24.3 Å². The molecule has 1 aliphatic carbocycles. The molecule has 1 saturated carbocycles. The lowest BCUT2D eigenvalue weighted by Gasteiger charge is -2.37. The number of rotatable bonds is 6. The van der Waals surface area contributed by atoms with Gasteiger partial charge >= 0.3 is 0 Å². The van der Waals surface area contributed by atoms with Gasteiger partial charge in [0, 0.05) is 50.9 Å². The fourth-order valence-electron chi connectivity index (χ4n) is 3.98. The number of hydrogen-bond acceptors (Lipinski definition) is 6. The number of benzene rings is 1. The van der Waals surface area contributed by atoms with Crippen LogP contribution in [0, 0.1) is 5.92 Å². The Bertz CT molecular complexity index is 902. The second-order valence-corrected chi connectivity index (χ2v) is 10.3. The second-order valence-electron chi connectivity index (χ2n) is 8.34. The molecule has 10 heteroatoms. The number of carbonyl (C=O) groups is 2. The van der Waals surface area contributed by atoms with Crippen LogP contribution < -0.4 is 5.32 Å². The number of carbonyl (C=O) groups excluding carboxylic acids is 2. The maximum atomic E-state index is 12.7. The van der Waals surface area contributed by atoms with E-state index < -0.39 is 10.0 Å². The first kappa shape index (κ1) is 22.2. The van der Waals surface area contributed by atoms with Gasteiger partial charge < -0.3 is 15.0 Å². The van der Waals surface area contributed by atoms with Crippen LogP contribution in [-0.4, -0.2) is 92.9 Å². The van der Waals surface area contributed by atoms with E-state index in [2.05, 4.69) is 10.2 Å². The fourth-order valence-corrected chi connectivity index (χ4v) is 5.38. The van der Waals surface area contributed by atoms with Crippen LogP contribution in [0.1, 0.15) is 19.8 Å². The molecule has 1 N–H and O–H groups in total. The summed E-state index contributed by atoms with van der Waals surface area (Å²) in [5.74, 6) is 0.330. The maximum Gasteiger partial charge on any atom is 0.243 e. The lowest BCUT2D eigenvalue weighted by Crippen LogP contribution is -2.54. The fraction of sp³-hybridized carbons (Fsp3) is 0.619. The Hall–Kier alpha value is -2.01. The van der Waals surface area contributed by atoms with E-state index in [0.29, 0.717) is 58.2 Å². The largest absolute Gasteiger partial charge is 0.379 e. The van der Waals surface area contributed by atoms with Crippen LogP contribution in [-0.2, 0) is 24.3 Å². The van der Waals surface area contributed by atoms with Gasteiger partial charge in [0.2, 0.25) is 21.8 Å². The van der Waals surface area contributed by atoms with Crippen molar-refractivity contribution in [2.75, 3.05) is 57.8 Å². The summed E-state index contributed by atoms with van der Waals surface area (Å²) in [6.45, 7) is 5.98. The predicted octanol–water partition coefficient (Wildman–Crippen LogP) is 0.589. The minimum atomic E-state index is -3.55. The monoisotopic (exact) mass is 450 g/mol. The van der Waals surface area contributed by atoms with Crippen molar-refractivity contribution in [1.82, 2.24) is 14.1 Å². The Morgan fingerprint density at radius 3 is 2.19 bits per heavy atom. The smallest absolute Gasteiger partial charge is 0.243 e. The Kier molecular flexibility index (Phi) is 6.61.